The zero-order valence-electron chi connectivity index (χ0n) is 10.3. The number of primary amides is 1. The van der Waals surface area contributed by atoms with E-state index in [2.05, 4.69) is 0 Å². The summed E-state index contributed by atoms with van der Waals surface area (Å²) in [6.07, 6.45) is 0.153. The molecule has 1 aromatic carbocycles. The van der Waals surface area contributed by atoms with Gasteiger partial charge in [-0.2, -0.15) is 0 Å². The summed E-state index contributed by atoms with van der Waals surface area (Å²) in [6.45, 7) is 1.24. The van der Waals surface area contributed by atoms with Crippen LogP contribution in [0.3, 0.4) is 0 Å². The van der Waals surface area contributed by atoms with Crippen LogP contribution in [0.15, 0.2) is 18.2 Å². The van der Waals surface area contributed by atoms with Crippen LogP contribution in [0.1, 0.15) is 6.42 Å². The van der Waals surface area contributed by atoms with Gasteiger partial charge in [0.05, 0.1) is 11.6 Å². The summed E-state index contributed by atoms with van der Waals surface area (Å²) in [6, 6.07) is 5.38. The van der Waals surface area contributed by atoms with E-state index in [1.54, 1.807) is 23.1 Å². The van der Waals surface area contributed by atoms with Gasteiger partial charge in [-0.25, -0.2) is 0 Å². The maximum Gasteiger partial charge on any atom is 0.227 e. The third kappa shape index (κ3) is 1.99. The number of carbonyl (C=O) groups is 2. The molecule has 0 spiro atoms. The largest absolute Gasteiger partial charge is 0.486 e. The number of hydrogen-bond acceptors (Lipinski definition) is 4. The fourth-order valence-electron chi connectivity index (χ4n) is 2.40. The molecule has 2 aliphatic heterocycles. The van der Waals surface area contributed by atoms with E-state index in [-0.39, 0.29) is 12.3 Å². The lowest BCUT2D eigenvalue weighted by Crippen LogP contribution is -2.29. The number of fused-ring (bicyclic) bond motifs is 1. The lowest BCUT2D eigenvalue weighted by atomic mass is 10.1. The van der Waals surface area contributed by atoms with Crippen molar-refractivity contribution in [2.24, 2.45) is 11.7 Å². The van der Waals surface area contributed by atoms with Crippen molar-refractivity contribution >= 4 is 17.5 Å². The van der Waals surface area contributed by atoms with Gasteiger partial charge >= 0.3 is 0 Å². The van der Waals surface area contributed by atoms with E-state index in [0.717, 1.165) is 0 Å². The molecule has 100 valence electrons. The third-order valence-electron chi connectivity index (χ3n) is 3.36. The quantitative estimate of drug-likeness (QED) is 0.830. The van der Waals surface area contributed by atoms with Crippen molar-refractivity contribution < 1.29 is 19.1 Å². The lowest BCUT2D eigenvalue weighted by Gasteiger charge is -2.25. The Balaban J connectivity index is 1.95. The number of rotatable bonds is 2. The molecule has 0 radical (unpaired) electrons. The smallest absolute Gasteiger partial charge is 0.227 e. The maximum absolute atomic E-state index is 12.0. The predicted octanol–water partition coefficient (Wildman–Crippen LogP) is 0.296. The Kier molecular flexibility index (Phi) is 2.77. The second-order valence-corrected chi connectivity index (χ2v) is 4.61. The normalized spacial score (nSPS) is 21.6. The number of hydrogen-bond donors (Lipinski definition) is 1. The van der Waals surface area contributed by atoms with Crippen LogP contribution < -0.4 is 20.1 Å². The van der Waals surface area contributed by atoms with Crippen LogP contribution in [0.25, 0.3) is 0 Å². The van der Waals surface area contributed by atoms with Crippen LogP contribution in [0, 0.1) is 5.92 Å². The van der Waals surface area contributed by atoms with Gasteiger partial charge in [0.2, 0.25) is 11.8 Å². The van der Waals surface area contributed by atoms with E-state index < -0.39 is 11.8 Å². The molecule has 2 heterocycles. The fraction of sp³-hybridized carbons (Fsp3) is 0.385. The first-order valence-corrected chi connectivity index (χ1v) is 6.15. The third-order valence-corrected chi connectivity index (χ3v) is 3.36. The Morgan fingerprint density at radius 2 is 2.11 bits per heavy atom. The zero-order chi connectivity index (χ0) is 13.4. The van der Waals surface area contributed by atoms with Gasteiger partial charge in [-0.15, -0.1) is 0 Å². The van der Waals surface area contributed by atoms with Crippen molar-refractivity contribution in [3.05, 3.63) is 18.2 Å². The summed E-state index contributed by atoms with van der Waals surface area (Å²) in [5, 5.41) is 0. The van der Waals surface area contributed by atoms with Crippen molar-refractivity contribution in [2.45, 2.75) is 6.42 Å². The van der Waals surface area contributed by atoms with E-state index in [9.17, 15) is 9.59 Å². The molecule has 2 amide bonds. The summed E-state index contributed by atoms with van der Waals surface area (Å²) in [7, 11) is 0. The first-order chi connectivity index (χ1) is 9.16. The van der Waals surface area contributed by atoms with E-state index in [1.165, 1.54) is 0 Å². The molecule has 1 unspecified atom stereocenters. The van der Waals surface area contributed by atoms with Gasteiger partial charge < -0.3 is 20.1 Å². The van der Waals surface area contributed by atoms with Crippen molar-refractivity contribution in [3.8, 4) is 11.5 Å². The molecule has 0 aromatic heterocycles. The van der Waals surface area contributed by atoms with Gasteiger partial charge in [-0.3, -0.25) is 9.59 Å². The highest BCUT2D eigenvalue weighted by atomic mass is 16.6. The molecule has 1 fully saturated rings. The van der Waals surface area contributed by atoms with Crippen molar-refractivity contribution in [2.75, 3.05) is 24.7 Å². The predicted molar refractivity (Wildman–Crippen MR) is 67.1 cm³/mol. The maximum atomic E-state index is 12.0. The molecule has 0 bridgehead atoms. The van der Waals surface area contributed by atoms with Crippen LogP contribution in [0.5, 0.6) is 11.5 Å². The molecule has 2 aliphatic rings. The standard InChI is InChI=1S/C13H14N2O4/c14-13(17)8-6-11(16)15(7-8)9-2-1-3-10-12(9)19-5-4-18-10/h1-3,8H,4-7H2,(H2,14,17). The summed E-state index contributed by atoms with van der Waals surface area (Å²) in [5.41, 5.74) is 5.91. The highest BCUT2D eigenvalue weighted by Crippen LogP contribution is 2.41. The Morgan fingerprint density at radius 1 is 1.32 bits per heavy atom. The van der Waals surface area contributed by atoms with Crippen LogP contribution in [-0.2, 0) is 9.59 Å². The minimum absolute atomic E-state index is 0.119. The fourth-order valence-corrected chi connectivity index (χ4v) is 2.40. The molecule has 0 saturated carbocycles. The summed E-state index contributed by atoms with van der Waals surface area (Å²) in [5.74, 6) is 0.184. The highest BCUT2D eigenvalue weighted by Gasteiger charge is 2.36. The number of carbonyl (C=O) groups excluding carboxylic acids is 2. The minimum atomic E-state index is -0.446. The molecule has 6 nitrogen and oxygen atoms in total. The van der Waals surface area contributed by atoms with Crippen LogP contribution in [0.2, 0.25) is 0 Å². The van der Waals surface area contributed by atoms with Crippen molar-refractivity contribution in [1.82, 2.24) is 0 Å². The molecule has 3 rings (SSSR count). The average Bonchev–Trinajstić information content (AvgIpc) is 2.80. The van der Waals surface area contributed by atoms with Gasteiger partial charge in [0.1, 0.15) is 13.2 Å². The van der Waals surface area contributed by atoms with E-state index in [1.807, 2.05) is 0 Å². The summed E-state index contributed by atoms with van der Waals surface area (Å²) in [4.78, 5) is 24.7. The summed E-state index contributed by atoms with van der Waals surface area (Å²) < 4.78 is 11.1. The van der Waals surface area contributed by atoms with Gasteiger partial charge in [-0.1, -0.05) is 6.07 Å². The van der Waals surface area contributed by atoms with Gasteiger partial charge in [0, 0.05) is 13.0 Å². The number of nitrogens with two attached hydrogens (primary N) is 1. The van der Waals surface area contributed by atoms with Crippen LogP contribution in [0.4, 0.5) is 5.69 Å². The first kappa shape index (κ1) is 11.8. The summed E-state index contributed by atoms with van der Waals surface area (Å²) >= 11 is 0. The van der Waals surface area contributed by atoms with Gasteiger partial charge in [-0.05, 0) is 12.1 Å². The monoisotopic (exact) mass is 262 g/mol. The Labute approximate surface area is 110 Å². The van der Waals surface area contributed by atoms with Crippen LogP contribution in [-0.4, -0.2) is 31.6 Å². The minimum Gasteiger partial charge on any atom is -0.486 e. The van der Waals surface area contributed by atoms with Gasteiger partial charge in [0.25, 0.3) is 0 Å². The molecule has 19 heavy (non-hydrogen) atoms. The number of para-hydroxylation sites is 1. The van der Waals surface area contributed by atoms with Crippen LogP contribution >= 0.6 is 0 Å². The van der Waals surface area contributed by atoms with Crippen molar-refractivity contribution in [3.63, 3.8) is 0 Å². The zero-order valence-corrected chi connectivity index (χ0v) is 10.3. The second-order valence-electron chi connectivity index (χ2n) is 4.61. The lowest BCUT2D eigenvalue weighted by molar-refractivity contribution is -0.123. The molecule has 1 aromatic rings. The average molecular weight is 262 g/mol. The number of amides is 2. The Morgan fingerprint density at radius 3 is 2.84 bits per heavy atom. The van der Waals surface area contributed by atoms with E-state index in [0.29, 0.717) is 36.9 Å². The van der Waals surface area contributed by atoms with E-state index >= 15 is 0 Å². The van der Waals surface area contributed by atoms with E-state index in [4.69, 9.17) is 15.2 Å². The SMILES string of the molecule is NC(=O)C1CC(=O)N(c2cccc3c2OCCO3)C1. The second kappa shape index (κ2) is 4.46. The number of ether oxygens (including phenoxy) is 2. The molecule has 0 aliphatic carbocycles. The first-order valence-electron chi connectivity index (χ1n) is 6.15. The molecule has 1 saturated heterocycles. The van der Waals surface area contributed by atoms with Crippen molar-refractivity contribution in [1.29, 1.82) is 0 Å². The molecule has 6 heteroatoms. The number of benzene rings is 1. The molecule has 1 atom stereocenters. The molecule has 2 N–H and O–H groups in total. The number of anilines is 1. The topological polar surface area (TPSA) is 81.9 Å². The Bertz CT molecular complexity index is 543. The van der Waals surface area contributed by atoms with Gasteiger partial charge in [0.15, 0.2) is 11.5 Å². The highest BCUT2D eigenvalue weighted by molar-refractivity contribution is 6.01. The molecular weight excluding hydrogens is 248 g/mol. The number of nitrogens with zero attached hydrogens (tertiary/aromatic N) is 1. The molecular formula is C13H14N2O4. The Hall–Kier alpha value is -2.24.